The monoisotopic (exact) mass is 682 g/mol. The van der Waals surface area contributed by atoms with Gasteiger partial charge in [-0.25, -0.2) is 13.2 Å². The molecule has 3 amide bonds. The predicted octanol–water partition coefficient (Wildman–Crippen LogP) is 7.21. The van der Waals surface area contributed by atoms with E-state index in [0.29, 0.717) is 22.7 Å². The lowest BCUT2D eigenvalue weighted by Gasteiger charge is -2.24. The number of carbonyl (C=O) groups excluding carboxylic acids is 2. The quantitative estimate of drug-likeness (QED) is 0.100. The van der Waals surface area contributed by atoms with Gasteiger partial charge in [0.25, 0.3) is 15.9 Å². The summed E-state index contributed by atoms with van der Waals surface area (Å²) in [6.45, 7) is 1.99. The first-order valence-electron chi connectivity index (χ1n) is 16.6. The molecule has 4 aromatic rings. The van der Waals surface area contributed by atoms with Crippen LogP contribution in [0.5, 0.6) is 0 Å². The van der Waals surface area contributed by atoms with Crippen molar-refractivity contribution in [2.45, 2.75) is 68.7 Å². The van der Waals surface area contributed by atoms with Crippen LogP contribution < -0.4 is 20.7 Å². The second-order valence-electron chi connectivity index (χ2n) is 12.2. The number of para-hydroxylation sites is 1. The molecular weight excluding hydrogens is 641 g/mol. The highest BCUT2D eigenvalue weighted by Gasteiger charge is 2.23. The van der Waals surface area contributed by atoms with Crippen molar-refractivity contribution < 1.29 is 27.9 Å². The number of rotatable bonds is 13. The molecule has 10 nitrogen and oxygen atoms in total. The van der Waals surface area contributed by atoms with E-state index >= 15 is 0 Å². The number of carboxylic acid groups (broad SMARTS) is 1. The molecule has 0 radical (unpaired) electrons. The molecule has 49 heavy (non-hydrogen) atoms. The summed E-state index contributed by atoms with van der Waals surface area (Å²) in [6.07, 6.45) is 6.56. The zero-order valence-electron chi connectivity index (χ0n) is 27.4. The summed E-state index contributed by atoms with van der Waals surface area (Å²) in [6, 6.07) is 27.0. The van der Waals surface area contributed by atoms with Gasteiger partial charge in [0, 0.05) is 17.8 Å². The molecule has 1 aliphatic rings. The van der Waals surface area contributed by atoms with Gasteiger partial charge < -0.3 is 21.1 Å². The number of anilines is 2. The molecule has 1 saturated carbocycles. The number of carboxylic acids is 1. The van der Waals surface area contributed by atoms with Gasteiger partial charge >= 0.3 is 12.0 Å². The smallest absolute Gasteiger partial charge is 0.320 e. The third-order valence-corrected chi connectivity index (χ3v) is 10.2. The first kappa shape index (κ1) is 35.2. The van der Waals surface area contributed by atoms with E-state index in [1.165, 1.54) is 37.0 Å². The van der Waals surface area contributed by atoms with Gasteiger partial charge in [-0.1, -0.05) is 86.8 Å². The Morgan fingerprint density at radius 3 is 2.18 bits per heavy atom. The zero-order valence-corrected chi connectivity index (χ0v) is 28.3. The number of sulfonamides is 1. The fraction of sp³-hybridized carbons (Fsp3) is 0.289. The van der Waals surface area contributed by atoms with Gasteiger partial charge in [0.05, 0.1) is 18.2 Å². The molecule has 4 aromatic carbocycles. The molecule has 11 heteroatoms. The molecule has 0 spiro atoms. The van der Waals surface area contributed by atoms with Crippen molar-refractivity contribution in [2.75, 3.05) is 16.6 Å². The van der Waals surface area contributed by atoms with E-state index < -0.39 is 34.0 Å². The van der Waals surface area contributed by atoms with Crippen LogP contribution in [0.3, 0.4) is 0 Å². The van der Waals surface area contributed by atoms with Crippen LogP contribution in [0.4, 0.5) is 16.2 Å². The summed E-state index contributed by atoms with van der Waals surface area (Å²) < 4.78 is 29.6. The van der Waals surface area contributed by atoms with Crippen LogP contribution in [0.15, 0.2) is 102 Å². The fourth-order valence-corrected chi connectivity index (χ4v) is 7.34. The molecule has 1 unspecified atom stereocenters. The van der Waals surface area contributed by atoms with Crippen molar-refractivity contribution in [1.82, 2.24) is 10.6 Å². The van der Waals surface area contributed by atoms with Crippen LogP contribution >= 0.6 is 0 Å². The summed E-state index contributed by atoms with van der Waals surface area (Å²) in [7, 11) is -4.05. The van der Waals surface area contributed by atoms with Crippen LogP contribution in [-0.2, 0) is 21.2 Å². The number of carbonyl (C=O) groups is 3. The standard InChI is InChI=1S/C38H42N4O6S/c1-2-26-9-8-12-32(25-26)42-49(47,48)34-14-7-6-13-33(34)40-38(46)41-36(29-17-15-28(16-18-29)27-10-4-3-5-11-27)30-19-21-31(22-20-30)37(45)39-24-23-35(43)44/h6-9,12-22,25,27,36,42H,2-5,10-11,23-24H2,1H3,(H,39,45)(H,43,44)(H2,40,41,46). The van der Waals surface area contributed by atoms with E-state index in [9.17, 15) is 22.8 Å². The number of hydrogen-bond donors (Lipinski definition) is 5. The average molecular weight is 683 g/mol. The second-order valence-corrected chi connectivity index (χ2v) is 13.9. The minimum Gasteiger partial charge on any atom is -0.481 e. The number of aryl methyl sites for hydroxylation is 1. The molecule has 1 atom stereocenters. The van der Waals surface area contributed by atoms with Crippen LogP contribution in [0.2, 0.25) is 0 Å². The minimum atomic E-state index is -4.05. The average Bonchev–Trinajstić information content (AvgIpc) is 3.11. The first-order chi connectivity index (χ1) is 23.6. The topological polar surface area (TPSA) is 154 Å². The Labute approximate surface area is 287 Å². The molecular formula is C38H42N4O6S. The lowest BCUT2D eigenvalue weighted by atomic mass is 9.83. The van der Waals surface area contributed by atoms with Gasteiger partial charge in [-0.3, -0.25) is 14.3 Å². The highest BCUT2D eigenvalue weighted by molar-refractivity contribution is 7.92. The largest absolute Gasteiger partial charge is 0.481 e. The maximum Gasteiger partial charge on any atom is 0.320 e. The van der Waals surface area contributed by atoms with Gasteiger partial charge in [0.15, 0.2) is 0 Å². The van der Waals surface area contributed by atoms with Gasteiger partial charge in [-0.05, 0) is 83.8 Å². The van der Waals surface area contributed by atoms with E-state index in [4.69, 9.17) is 5.11 Å². The fourth-order valence-electron chi connectivity index (χ4n) is 6.13. The third kappa shape index (κ3) is 9.48. The molecule has 0 aliphatic heterocycles. The Bertz CT molecular complexity index is 1870. The Kier molecular flexibility index (Phi) is 11.7. The van der Waals surface area contributed by atoms with Crippen molar-refractivity contribution in [3.8, 4) is 0 Å². The van der Waals surface area contributed by atoms with Crippen LogP contribution in [-0.4, -0.2) is 38.0 Å². The minimum absolute atomic E-state index is 0.00541. The lowest BCUT2D eigenvalue weighted by Crippen LogP contribution is -2.34. The van der Waals surface area contributed by atoms with Crippen LogP contribution in [0.25, 0.3) is 0 Å². The Hall–Kier alpha value is -5.16. The van der Waals surface area contributed by atoms with Crippen molar-refractivity contribution in [2.24, 2.45) is 0 Å². The maximum atomic E-state index is 13.6. The van der Waals surface area contributed by atoms with Crippen molar-refractivity contribution in [3.63, 3.8) is 0 Å². The number of amides is 3. The van der Waals surface area contributed by atoms with Gasteiger partial charge in [0.1, 0.15) is 4.90 Å². The van der Waals surface area contributed by atoms with Crippen molar-refractivity contribution >= 4 is 39.3 Å². The van der Waals surface area contributed by atoms with Gasteiger partial charge in [-0.2, -0.15) is 0 Å². The molecule has 0 saturated heterocycles. The lowest BCUT2D eigenvalue weighted by molar-refractivity contribution is -0.136. The summed E-state index contributed by atoms with van der Waals surface area (Å²) in [5.41, 5.74) is 4.63. The second kappa shape index (κ2) is 16.3. The molecule has 0 bridgehead atoms. The Morgan fingerprint density at radius 1 is 0.837 bits per heavy atom. The predicted molar refractivity (Wildman–Crippen MR) is 190 cm³/mol. The number of aliphatic carboxylic acids is 1. The SMILES string of the molecule is CCc1cccc(NS(=O)(=O)c2ccccc2NC(=O)NC(c2ccc(C(=O)NCCC(=O)O)cc2)c2ccc(C3CCCCC3)cc2)c1. The summed E-state index contributed by atoms with van der Waals surface area (Å²) in [5.74, 6) is -0.900. The summed E-state index contributed by atoms with van der Waals surface area (Å²) in [4.78, 5) is 36.9. The molecule has 5 rings (SSSR count). The molecule has 5 N–H and O–H groups in total. The molecule has 1 aliphatic carbocycles. The van der Waals surface area contributed by atoms with Crippen molar-refractivity contribution in [3.05, 3.63) is 125 Å². The van der Waals surface area contributed by atoms with E-state index in [1.54, 1.807) is 54.6 Å². The number of nitrogens with one attached hydrogen (secondary N) is 4. The highest BCUT2D eigenvalue weighted by atomic mass is 32.2. The maximum absolute atomic E-state index is 13.6. The number of urea groups is 1. The van der Waals surface area contributed by atoms with E-state index in [1.807, 2.05) is 25.1 Å². The Balaban J connectivity index is 1.38. The molecule has 1 fully saturated rings. The normalized spacial score (nSPS) is 14.0. The van der Waals surface area contributed by atoms with Crippen LogP contribution in [0, 0.1) is 0 Å². The highest BCUT2D eigenvalue weighted by Crippen LogP contribution is 2.34. The summed E-state index contributed by atoms with van der Waals surface area (Å²) in [5, 5.41) is 17.2. The third-order valence-electron chi connectivity index (χ3n) is 8.76. The van der Waals surface area contributed by atoms with E-state index in [-0.39, 0.29) is 23.5 Å². The zero-order chi connectivity index (χ0) is 34.8. The number of benzene rings is 4. The first-order valence-corrected chi connectivity index (χ1v) is 18.1. The molecule has 256 valence electrons. The van der Waals surface area contributed by atoms with E-state index in [0.717, 1.165) is 30.4 Å². The molecule has 0 aromatic heterocycles. The van der Waals surface area contributed by atoms with Crippen LogP contribution in [0.1, 0.15) is 90.0 Å². The molecule has 0 heterocycles. The van der Waals surface area contributed by atoms with Crippen molar-refractivity contribution in [1.29, 1.82) is 0 Å². The Morgan fingerprint density at radius 2 is 1.51 bits per heavy atom. The van der Waals surface area contributed by atoms with E-state index in [2.05, 4.69) is 32.8 Å². The summed E-state index contributed by atoms with van der Waals surface area (Å²) >= 11 is 0. The van der Waals surface area contributed by atoms with Gasteiger partial charge in [0.2, 0.25) is 0 Å². The van der Waals surface area contributed by atoms with Gasteiger partial charge in [-0.15, -0.1) is 0 Å². The number of hydrogen-bond acceptors (Lipinski definition) is 5.